The summed E-state index contributed by atoms with van der Waals surface area (Å²) in [7, 11) is 0. The number of aliphatic hydroxyl groups excluding tert-OH is 1. The zero-order valence-corrected chi connectivity index (χ0v) is 14.2. The molecule has 0 amide bonds. The van der Waals surface area contributed by atoms with E-state index in [4.69, 9.17) is 9.47 Å². The molecule has 0 bridgehead atoms. The minimum Gasteiger partial charge on any atom is -0.486 e. The van der Waals surface area contributed by atoms with Crippen LogP contribution in [0.2, 0.25) is 0 Å². The SMILES string of the molecule is CC(C)Oc1nc2c(OC(C)(C)C)ccc(C(C)O)c2s1. The van der Waals surface area contributed by atoms with Crippen molar-refractivity contribution in [2.24, 2.45) is 0 Å². The average Bonchev–Trinajstić information content (AvgIpc) is 2.69. The normalized spacial score (nSPS) is 13.7. The minimum atomic E-state index is -0.552. The lowest BCUT2D eigenvalue weighted by Gasteiger charge is -2.22. The van der Waals surface area contributed by atoms with Crippen molar-refractivity contribution < 1.29 is 14.6 Å². The Bertz CT molecular complexity index is 626. The Morgan fingerprint density at radius 1 is 1.19 bits per heavy atom. The van der Waals surface area contributed by atoms with Crippen molar-refractivity contribution in [1.29, 1.82) is 0 Å². The lowest BCUT2D eigenvalue weighted by molar-refractivity contribution is 0.132. The second-order valence-electron chi connectivity index (χ2n) is 6.37. The first-order valence-corrected chi connectivity index (χ1v) is 7.96. The lowest BCUT2D eigenvalue weighted by atomic mass is 10.1. The molecule has 0 aliphatic rings. The standard InChI is InChI=1S/C16H23NO3S/c1-9(2)19-15-17-13-12(20-16(4,5)6)8-7-11(10(3)18)14(13)21-15/h7-10,18H,1-6H3. The lowest BCUT2D eigenvalue weighted by Crippen LogP contribution is -2.23. The van der Waals surface area contributed by atoms with Crippen LogP contribution in [0.3, 0.4) is 0 Å². The monoisotopic (exact) mass is 309 g/mol. The maximum absolute atomic E-state index is 9.93. The van der Waals surface area contributed by atoms with Crippen LogP contribution in [-0.2, 0) is 0 Å². The summed E-state index contributed by atoms with van der Waals surface area (Å²) in [5.74, 6) is 0.719. The zero-order chi connectivity index (χ0) is 15.8. The van der Waals surface area contributed by atoms with Crippen molar-refractivity contribution in [2.45, 2.75) is 59.4 Å². The molecule has 1 N–H and O–H groups in total. The van der Waals surface area contributed by atoms with Gasteiger partial charge in [-0.15, -0.1) is 0 Å². The highest BCUT2D eigenvalue weighted by Crippen LogP contribution is 2.39. The maximum Gasteiger partial charge on any atom is 0.274 e. The summed E-state index contributed by atoms with van der Waals surface area (Å²) in [6.45, 7) is 11.7. The van der Waals surface area contributed by atoms with Gasteiger partial charge in [0.05, 0.1) is 16.9 Å². The fraction of sp³-hybridized carbons (Fsp3) is 0.562. The molecule has 4 nitrogen and oxygen atoms in total. The van der Waals surface area contributed by atoms with Gasteiger partial charge in [0.1, 0.15) is 16.9 Å². The molecular formula is C16H23NO3S. The van der Waals surface area contributed by atoms with Crippen LogP contribution in [0.25, 0.3) is 10.2 Å². The highest BCUT2D eigenvalue weighted by Gasteiger charge is 2.20. The van der Waals surface area contributed by atoms with Crippen molar-refractivity contribution in [3.63, 3.8) is 0 Å². The molecule has 1 heterocycles. The van der Waals surface area contributed by atoms with Crippen LogP contribution >= 0.6 is 11.3 Å². The molecule has 1 unspecified atom stereocenters. The van der Waals surface area contributed by atoms with E-state index < -0.39 is 6.10 Å². The Balaban J connectivity index is 2.56. The Morgan fingerprint density at radius 2 is 1.86 bits per heavy atom. The summed E-state index contributed by atoms with van der Waals surface area (Å²) in [4.78, 5) is 4.54. The van der Waals surface area contributed by atoms with E-state index in [2.05, 4.69) is 4.98 Å². The van der Waals surface area contributed by atoms with Gasteiger partial charge in [-0.25, -0.2) is 0 Å². The highest BCUT2D eigenvalue weighted by atomic mass is 32.1. The quantitative estimate of drug-likeness (QED) is 0.914. The highest BCUT2D eigenvalue weighted by molar-refractivity contribution is 7.20. The minimum absolute atomic E-state index is 0.0625. The summed E-state index contributed by atoms with van der Waals surface area (Å²) < 4.78 is 12.6. The molecular weight excluding hydrogens is 286 g/mol. The Labute approximate surface area is 129 Å². The molecule has 1 aromatic heterocycles. The van der Waals surface area contributed by atoms with Crippen molar-refractivity contribution in [1.82, 2.24) is 4.98 Å². The Hall–Kier alpha value is -1.33. The molecule has 116 valence electrons. The van der Waals surface area contributed by atoms with E-state index in [1.54, 1.807) is 6.92 Å². The summed E-state index contributed by atoms with van der Waals surface area (Å²) in [6.07, 6.45) is -0.490. The topological polar surface area (TPSA) is 51.6 Å². The molecule has 0 spiro atoms. The van der Waals surface area contributed by atoms with Crippen LogP contribution in [0, 0.1) is 0 Å². The second-order valence-corrected chi connectivity index (χ2v) is 7.33. The number of fused-ring (bicyclic) bond motifs is 1. The van der Waals surface area contributed by atoms with Crippen LogP contribution in [-0.4, -0.2) is 21.8 Å². The van der Waals surface area contributed by atoms with Gasteiger partial charge in [-0.2, -0.15) is 4.98 Å². The fourth-order valence-corrected chi connectivity index (χ4v) is 3.13. The van der Waals surface area contributed by atoms with E-state index in [1.807, 2.05) is 46.8 Å². The van der Waals surface area contributed by atoms with Crippen LogP contribution in [0.1, 0.15) is 53.2 Å². The number of aromatic nitrogens is 1. The third kappa shape index (κ3) is 3.86. The van der Waals surface area contributed by atoms with Gasteiger partial charge in [0, 0.05) is 5.56 Å². The summed E-state index contributed by atoms with van der Waals surface area (Å²) in [5, 5.41) is 10.5. The second kappa shape index (κ2) is 5.81. The van der Waals surface area contributed by atoms with Crippen molar-refractivity contribution >= 4 is 21.6 Å². The van der Waals surface area contributed by atoms with Crippen LogP contribution in [0.4, 0.5) is 0 Å². The van der Waals surface area contributed by atoms with Gasteiger partial charge in [0.25, 0.3) is 5.19 Å². The van der Waals surface area contributed by atoms with Gasteiger partial charge in [0.2, 0.25) is 0 Å². The maximum atomic E-state index is 9.93. The van der Waals surface area contributed by atoms with Crippen LogP contribution < -0.4 is 9.47 Å². The molecule has 21 heavy (non-hydrogen) atoms. The number of rotatable bonds is 4. The predicted molar refractivity (Wildman–Crippen MR) is 86.4 cm³/mol. The molecule has 2 rings (SSSR count). The third-order valence-corrected chi connectivity index (χ3v) is 3.72. The number of benzene rings is 1. The summed E-state index contributed by atoms with van der Waals surface area (Å²) in [5.41, 5.74) is 1.30. The van der Waals surface area contributed by atoms with Gasteiger partial charge in [-0.1, -0.05) is 17.4 Å². The molecule has 1 atom stereocenters. The number of hydrogen-bond acceptors (Lipinski definition) is 5. The van der Waals surface area contributed by atoms with Gasteiger partial charge in [-0.05, 0) is 47.6 Å². The molecule has 0 saturated carbocycles. The fourth-order valence-electron chi connectivity index (χ4n) is 1.98. The van der Waals surface area contributed by atoms with E-state index in [0.717, 1.165) is 21.5 Å². The molecule has 0 aliphatic carbocycles. The van der Waals surface area contributed by atoms with E-state index in [0.29, 0.717) is 5.19 Å². The first-order valence-electron chi connectivity index (χ1n) is 7.14. The van der Waals surface area contributed by atoms with Crippen LogP contribution in [0.15, 0.2) is 12.1 Å². The van der Waals surface area contributed by atoms with Gasteiger partial charge in [0.15, 0.2) is 0 Å². The number of thiazole rings is 1. The Morgan fingerprint density at radius 3 is 2.38 bits per heavy atom. The molecule has 0 aliphatic heterocycles. The molecule has 1 aromatic carbocycles. The van der Waals surface area contributed by atoms with E-state index in [9.17, 15) is 5.11 Å². The van der Waals surface area contributed by atoms with E-state index in [1.165, 1.54) is 11.3 Å². The van der Waals surface area contributed by atoms with E-state index in [-0.39, 0.29) is 11.7 Å². The van der Waals surface area contributed by atoms with Crippen molar-refractivity contribution in [3.8, 4) is 10.9 Å². The number of aliphatic hydroxyl groups is 1. The molecule has 0 fully saturated rings. The Kier molecular flexibility index (Phi) is 4.44. The number of hydrogen-bond donors (Lipinski definition) is 1. The van der Waals surface area contributed by atoms with Crippen LogP contribution in [0.5, 0.6) is 10.9 Å². The molecule has 2 aromatic rings. The molecule has 5 heteroatoms. The van der Waals surface area contributed by atoms with E-state index >= 15 is 0 Å². The van der Waals surface area contributed by atoms with Gasteiger partial charge in [-0.3, -0.25) is 0 Å². The number of ether oxygens (including phenoxy) is 2. The van der Waals surface area contributed by atoms with Gasteiger partial charge < -0.3 is 14.6 Å². The smallest absolute Gasteiger partial charge is 0.274 e. The first-order chi connectivity index (χ1) is 9.67. The van der Waals surface area contributed by atoms with Crippen molar-refractivity contribution in [2.75, 3.05) is 0 Å². The van der Waals surface area contributed by atoms with Gasteiger partial charge >= 0.3 is 0 Å². The third-order valence-electron chi connectivity index (χ3n) is 2.72. The average molecular weight is 309 g/mol. The number of nitrogens with zero attached hydrogens (tertiary/aromatic N) is 1. The molecule has 0 saturated heterocycles. The van der Waals surface area contributed by atoms with Crippen molar-refractivity contribution in [3.05, 3.63) is 17.7 Å². The zero-order valence-electron chi connectivity index (χ0n) is 13.4. The first kappa shape index (κ1) is 16.0. The predicted octanol–water partition coefficient (Wildman–Crippen LogP) is 4.31. The molecule has 0 radical (unpaired) electrons. The largest absolute Gasteiger partial charge is 0.486 e. The summed E-state index contributed by atoms with van der Waals surface area (Å²) >= 11 is 1.45. The summed E-state index contributed by atoms with van der Waals surface area (Å²) in [6, 6.07) is 3.76.